The summed E-state index contributed by atoms with van der Waals surface area (Å²) in [5.41, 5.74) is 3.29. The van der Waals surface area contributed by atoms with E-state index in [0.29, 0.717) is 39.5 Å². The van der Waals surface area contributed by atoms with Crippen LogP contribution in [-0.4, -0.2) is 14.5 Å². The number of rotatable bonds is 5. The molecule has 1 aromatic heterocycles. The van der Waals surface area contributed by atoms with Crippen molar-refractivity contribution in [3.63, 3.8) is 0 Å². The summed E-state index contributed by atoms with van der Waals surface area (Å²) in [6.07, 6.45) is 1.02. The van der Waals surface area contributed by atoms with E-state index >= 15 is 0 Å². The van der Waals surface area contributed by atoms with Crippen molar-refractivity contribution in [1.82, 2.24) is 9.55 Å². The second kappa shape index (κ2) is 8.14. The Morgan fingerprint density at radius 1 is 1.06 bits per heavy atom. The fraction of sp³-hybridized carbons (Fsp3) is 0.200. The first-order valence-electron chi connectivity index (χ1n) is 10.3. The molecule has 4 aromatic rings. The van der Waals surface area contributed by atoms with Crippen LogP contribution in [-0.2, 0) is 0 Å². The Hall–Kier alpha value is -3.80. The van der Waals surface area contributed by atoms with E-state index in [4.69, 9.17) is 4.98 Å². The zero-order valence-electron chi connectivity index (χ0n) is 17.7. The first-order valence-corrected chi connectivity index (χ1v) is 10.3. The smallest absolute Gasteiger partial charge is 0.268 e. The second-order valence-corrected chi connectivity index (χ2v) is 7.75. The largest absolute Gasteiger partial charge is 0.273 e. The molecule has 0 aliphatic carbocycles. The van der Waals surface area contributed by atoms with Gasteiger partial charge in [0.15, 0.2) is 0 Å². The van der Waals surface area contributed by atoms with E-state index in [1.807, 2.05) is 30.3 Å². The standard InChI is InChI=1S/C25H23N3O3/c1-4-16(2)18-11-13-20(14-12-18)27-24(19-10-9-17(3)23(15-19)28(30)31)26-22-8-6-5-7-21(22)25(27)29/h5-16H,4H2,1-3H3. The summed E-state index contributed by atoms with van der Waals surface area (Å²) in [7, 11) is 0. The molecule has 3 aromatic carbocycles. The van der Waals surface area contributed by atoms with Gasteiger partial charge in [-0.3, -0.25) is 19.5 Å². The van der Waals surface area contributed by atoms with Crippen molar-refractivity contribution >= 4 is 16.6 Å². The van der Waals surface area contributed by atoms with Gasteiger partial charge >= 0.3 is 0 Å². The highest BCUT2D eigenvalue weighted by Crippen LogP contribution is 2.28. The van der Waals surface area contributed by atoms with E-state index in [0.717, 1.165) is 6.42 Å². The van der Waals surface area contributed by atoms with Crippen molar-refractivity contribution in [3.05, 3.63) is 98.3 Å². The number of para-hydroxylation sites is 1. The van der Waals surface area contributed by atoms with Crippen molar-refractivity contribution < 1.29 is 4.92 Å². The van der Waals surface area contributed by atoms with Crippen molar-refractivity contribution in [3.8, 4) is 17.1 Å². The number of aryl methyl sites for hydroxylation is 1. The number of benzene rings is 3. The highest BCUT2D eigenvalue weighted by molar-refractivity contribution is 5.80. The molecule has 0 spiro atoms. The number of fused-ring (bicyclic) bond motifs is 1. The number of nitrogens with zero attached hydrogens (tertiary/aromatic N) is 3. The summed E-state index contributed by atoms with van der Waals surface area (Å²) in [6.45, 7) is 5.99. The van der Waals surface area contributed by atoms with Gasteiger partial charge < -0.3 is 0 Å². The molecule has 0 saturated heterocycles. The summed E-state index contributed by atoms with van der Waals surface area (Å²) in [4.78, 5) is 29.3. The molecule has 1 atom stereocenters. The molecule has 1 unspecified atom stereocenters. The van der Waals surface area contributed by atoms with E-state index in [9.17, 15) is 14.9 Å². The van der Waals surface area contributed by atoms with Crippen LogP contribution in [0.3, 0.4) is 0 Å². The quantitative estimate of drug-likeness (QED) is 0.307. The molecule has 6 heteroatoms. The zero-order valence-corrected chi connectivity index (χ0v) is 17.7. The Morgan fingerprint density at radius 3 is 2.45 bits per heavy atom. The fourth-order valence-electron chi connectivity index (χ4n) is 3.70. The highest BCUT2D eigenvalue weighted by atomic mass is 16.6. The Bertz CT molecular complexity index is 1340. The highest BCUT2D eigenvalue weighted by Gasteiger charge is 2.18. The molecule has 0 amide bonds. The summed E-state index contributed by atoms with van der Waals surface area (Å²) < 4.78 is 1.54. The van der Waals surface area contributed by atoms with E-state index in [1.165, 1.54) is 16.2 Å². The molecule has 31 heavy (non-hydrogen) atoms. The van der Waals surface area contributed by atoms with Gasteiger partial charge in [-0.1, -0.05) is 50.2 Å². The maximum absolute atomic E-state index is 13.5. The Kier molecular flexibility index (Phi) is 5.38. The summed E-state index contributed by atoms with van der Waals surface area (Å²) in [5.74, 6) is 0.794. The van der Waals surface area contributed by atoms with Gasteiger partial charge in [-0.2, -0.15) is 0 Å². The van der Waals surface area contributed by atoms with Gasteiger partial charge in [0.25, 0.3) is 11.2 Å². The predicted molar refractivity (Wildman–Crippen MR) is 123 cm³/mol. The lowest BCUT2D eigenvalue weighted by atomic mass is 9.98. The van der Waals surface area contributed by atoms with Gasteiger partial charge in [-0.05, 0) is 49.1 Å². The van der Waals surface area contributed by atoms with Crippen LogP contribution in [0.5, 0.6) is 0 Å². The summed E-state index contributed by atoms with van der Waals surface area (Å²) in [6, 6.07) is 19.9. The van der Waals surface area contributed by atoms with Gasteiger partial charge in [-0.15, -0.1) is 0 Å². The van der Waals surface area contributed by atoms with Gasteiger partial charge in [0.2, 0.25) is 0 Å². The fourth-order valence-corrected chi connectivity index (χ4v) is 3.70. The third-order valence-corrected chi connectivity index (χ3v) is 5.77. The molecular weight excluding hydrogens is 390 g/mol. The summed E-state index contributed by atoms with van der Waals surface area (Å²) in [5, 5.41) is 12.0. The average molecular weight is 413 g/mol. The normalized spacial score (nSPS) is 12.1. The molecular formula is C25H23N3O3. The molecule has 1 heterocycles. The minimum Gasteiger partial charge on any atom is -0.268 e. The first kappa shape index (κ1) is 20.5. The summed E-state index contributed by atoms with van der Waals surface area (Å²) >= 11 is 0. The van der Waals surface area contributed by atoms with Gasteiger partial charge in [0, 0.05) is 17.2 Å². The van der Waals surface area contributed by atoms with Crippen LogP contribution >= 0.6 is 0 Å². The number of hydrogen-bond donors (Lipinski definition) is 0. The van der Waals surface area contributed by atoms with Crippen molar-refractivity contribution in [2.24, 2.45) is 0 Å². The van der Waals surface area contributed by atoms with Gasteiger partial charge in [0.05, 0.1) is 21.5 Å². The topological polar surface area (TPSA) is 78.0 Å². The van der Waals surface area contributed by atoms with Crippen LogP contribution in [0.25, 0.3) is 28.0 Å². The molecule has 6 nitrogen and oxygen atoms in total. The van der Waals surface area contributed by atoms with Crippen LogP contribution < -0.4 is 5.56 Å². The molecule has 0 N–H and O–H groups in total. The molecule has 0 aliphatic rings. The molecule has 0 radical (unpaired) electrons. The molecule has 0 bridgehead atoms. The number of aromatic nitrogens is 2. The molecule has 156 valence electrons. The molecule has 0 saturated carbocycles. The Balaban J connectivity index is 2.00. The van der Waals surface area contributed by atoms with Crippen LogP contribution in [0, 0.1) is 17.0 Å². The monoisotopic (exact) mass is 413 g/mol. The van der Waals surface area contributed by atoms with Crippen LogP contribution in [0.1, 0.15) is 37.3 Å². The lowest BCUT2D eigenvalue weighted by Gasteiger charge is -2.15. The van der Waals surface area contributed by atoms with Crippen LogP contribution in [0.2, 0.25) is 0 Å². The van der Waals surface area contributed by atoms with E-state index < -0.39 is 4.92 Å². The minimum absolute atomic E-state index is 0.00132. The predicted octanol–water partition coefficient (Wildman–Crippen LogP) is 5.78. The number of nitro groups is 1. The maximum Gasteiger partial charge on any atom is 0.273 e. The van der Waals surface area contributed by atoms with Crippen molar-refractivity contribution in [1.29, 1.82) is 0 Å². The molecule has 0 fully saturated rings. The third kappa shape index (κ3) is 3.72. The zero-order chi connectivity index (χ0) is 22.1. The molecule has 0 aliphatic heterocycles. The number of hydrogen-bond acceptors (Lipinski definition) is 4. The number of nitro benzene ring substituents is 1. The van der Waals surface area contributed by atoms with Crippen molar-refractivity contribution in [2.75, 3.05) is 0 Å². The lowest BCUT2D eigenvalue weighted by Crippen LogP contribution is -2.22. The SMILES string of the molecule is CCC(C)c1ccc(-n2c(-c3ccc(C)c([N+](=O)[O-])c3)nc3ccccc3c2=O)cc1. The Morgan fingerprint density at radius 2 is 1.77 bits per heavy atom. The van der Waals surface area contributed by atoms with E-state index in [2.05, 4.69) is 13.8 Å². The molecule has 4 rings (SSSR count). The van der Waals surface area contributed by atoms with Crippen LogP contribution in [0.15, 0.2) is 71.5 Å². The third-order valence-electron chi connectivity index (χ3n) is 5.77. The maximum atomic E-state index is 13.5. The second-order valence-electron chi connectivity index (χ2n) is 7.75. The minimum atomic E-state index is -0.413. The van der Waals surface area contributed by atoms with E-state index in [-0.39, 0.29) is 11.2 Å². The van der Waals surface area contributed by atoms with Gasteiger partial charge in [-0.25, -0.2) is 4.98 Å². The van der Waals surface area contributed by atoms with Crippen LogP contribution in [0.4, 0.5) is 5.69 Å². The Labute approximate surface area is 180 Å². The van der Waals surface area contributed by atoms with Gasteiger partial charge in [0.1, 0.15) is 5.82 Å². The van der Waals surface area contributed by atoms with E-state index in [1.54, 1.807) is 37.3 Å². The van der Waals surface area contributed by atoms with Crippen molar-refractivity contribution in [2.45, 2.75) is 33.1 Å². The first-order chi connectivity index (χ1) is 14.9. The average Bonchev–Trinajstić information content (AvgIpc) is 2.79. The lowest BCUT2D eigenvalue weighted by molar-refractivity contribution is -0.385.